The van der Waals surface area contributed by atoms with Gasteiger partial charge in [0.1, 0.15) is 12.2 Å². The molecule has 0 fully saturated rings. The lowest BCUT2D eigenvalue weighted by molar-refractivity contribution is -0.151. The van der Waals surface area contributed by atoms with Gasteiger partial charge in [0, 0.05) is 12.0 Å². The van der Waals surface area contributed by atoms with E-state index in [0.717, 1.165) is 0 Å². The molecule has 1 heterocycles. The fraction of sp³-hybridized carbons (Fsp3) is 0.667. The van der Waals surface area contributed by atoms with Gasteiger partial charge in [0.05, 0.1) is 19.6 Å². The molecule has 0 saturated heterocycles. The van der Waals surface area contributed by atoms with E-state index in [1.54, 1.807) is 0 Å². The second-order valence-electron chi connectivity index (χ2n) is 6.35. The van der Waals surface area contributed by atoms with Gasteiger partial charge in [-0.15, -0.1) is 0 Å². The maximum absolute atomic E-state index is 11.8. The lowest BCUT2D eigenvalue weighted by Crippen LogP contribution is -2.46. The van der Waals surface area contributed by atoms with Crippen LogP contribution in [-0.2, 0) is 23.9 Å². The van der Waals surface area contributed by atoms with Crippen molar-refractivity contribution in [2.24, 2.45) is 5.41 Å². The number of hydrogen-bond donors (Lipinski definition) is 6. The molecule has 3 atom stereocenters. The van der Waals surface area contributed by atoms with Gasteiger partial charge in [0.25, 0.3) is 0 Å². The molecule has 1 amide bonds. The Kier molecular flexibility index (Phi) is 7.51. The molecule has 0 aromatic carbocycles. The van der Waals surface area contributed by atoms with Crippen molar-refractivity contribution in [3.8, 4) is 0 Å². The van der Waals surface area contributed by atoms with E-state index in [1.165, 1.54) is 13.8 Å². The molecule has 0 bridgehead atoms. The van der Waals surface area contributed by atoms with E-state index in [2.05, 4.69) is 10.1 Å². The zero-order chi connectivity index (χ0) is 20.1. The number of nitrogens with one attached hydrogen (secondary N) is 1. The third kappa shape index (κ3) is 5.14. The number of carbonyl (C=O) groups is 3. The highest BCUT2D eigenvalue weighted by molar-refractivity contribution is 5.90. The smallest absolute Gasteiger partial charge is 0.378 e. The third-order valence-corrected chi connectivity index (χ3v) is 3.70. The molecule has 1 rings (SSSR count). The van der Waals surface area contributed by atoms with E-state index in [-0.39, 0.29) is 13.0 Å². The quantitative estimate of drug-likeness (QED) is 0.234. The first-order chi connectivity index (χ1) is 12.0. The summed E-state index contributed by atoms with van der Waals surface area (Å²) in [6.07, 6.45) is -5.01. The highest BCUT2D eigenvalue weighted by Gasteiger charge is 2.41. The number of ether oxygens (including phenoxy) is 2. The minimum atomic E-state index is -1.60. The van der Waals surface area contributed by atoms with Crippen molar-refractivity contribution in [2.45, 2.75) is 38.6 Å². The largest absolute Gasteiger partial charge is 0.499 e. The Morgan fingerprint density at radius 1 is 1.31 bits per heavy atom. The molecule has 0 saturated carbocycles. The second kappa shape index (κ2) is 8.94. The van der Waals surface area contributed by atoms with Crippen LogP contribution >= 0.6 is 0 Å². The highest BCUT2D eigenvalue weighted by Crippen LogP contribution is 2.25. The standard InChI is InChI=1S/C15H23NO10/c1-15(2,6-18)12(22)13(23)16-4-3-8(20)25-11-9(21)14(24)26-10(11)7(19)5-17/h7,10,12,17-19,21-22H,3-6H2,1-2H3,(H,16,23)/t7-,10+,12?/m0/s1. The fourth-order valence-corrected chi connectivity index (χ4v) is 1.91. The first-order valence-corrected chi connectivity index (χ1v) is 7.75. The molecule has 11 heteroatoms. The lowest BCUT2D eigenvalue weighted by atomic mass is 9.87. The van der Waals surface area contributed by atoms with E-state index in [4.69, 9.17) is 14.9 Å². The Morgan fingerprint density at radius 3 is 2.46 bits per heavy atom. The summed E-state index contributed by atoms with van der Waals surface area (Å²) in [5.74, 6) is -4.61. The summed E-state index contributed by atoms with van der Waals surface area (Å²) < 4.78 is 9.37. The Morgan fingerprint density at radius 2 is 1.92 bits per heavy atom. The van der Waals surface area contributed by atoms with Crippen molar-refractivity contribution >= 4 is 17.8 Å². The first-order valence-electron chi connectivity index (χ1n) is 7.75. The molecule has 0 aliphatic carbocycles. The number of aliphatic hydroxyl groups is 5. The van der Waals surface area contributed by atoms with Crippen LogP contribution in [0.25, 0.3) is 0 Å². The van der Waals surface area contributed by atoms with Crippen molar-refractivity contribution in [1.29, 1.82) is 0 Å². The number of aliphatic hydroxyl groups excluding tert-OH is 5. The van der Waals surface area contributed by atoms with E-state index >= 15 is 0 Å². The molecule has 0 aromatic rings. The van der Waals surface area contributed by atoms with Gasteiger partial charge in [-0.05, 0) is 0 Å². The number of hydrogen-bond acceptors (Lipinski definition) is 10. The van der Waals surface area contributed by atoms with Gasteiger partial charge in [0.15, 0.2) is 6.10 Å². The van der Waals surface area contributed by atoms with Crippen molar-refractivity contribution in [3.05, 3.63) is 11.5 Å². The minimum Gasteiger partial charge on any atom is -0.499 e. The molecule has 1 unspecified atom stereocenters. The van der Waals surface area contributed by atoms with Crippen LogP contribution in [0.5, 0.6) is 0 Å². The van der Waals surface area contributed by atoms with Gasteiger partial charge in [-0.2, -0.15) is 0 Å². The zero-order valence-corrected chi connectivity index (χ0v) is 14.3. The molecule has 1 aliphatic heterocycles. The summed E-state index contributed by atoms with van der Waals surface area (Å²) in [6, 6.07) is 0. The van der Waals surface area contributed by atoms with Gasteiger partial charge in [-0.25, -0.2) is 4.79 Å². The first kappa shape index (κ1) is 21.8. The number of amides is 1. The molecular weight excluding hydrogens is 354 g/mol. The minimum absolute atomic E-state index is 0.230. The van der Waals surface area contributed by atoms with Crippen molar-refractivity contribution in [1.82, 2.24) is 5.32 Å². The van der Waals surface area contributed by atoms with E-state index < -0.39 is 66.3 Å². The third-order valence-electron chi connectivity index (χ3n) is 3.70. The molecule has 11 nitrogen and oxygen atoms in total. The lowest BCUT2D eigenvalue weighted by Gasteiger charge is -2.27. The van der Waals surface area contributed by atoms with Gasteiger partial charge in [-0.1, -0.05) is 13.8 Å². The normalized spacial score (nSPS) is 19.8. The SMILES string of the molecule is CC(C)(CO)C(O)C(=O)NCCC(=O)OC1=C(O)C(=O)O[C@@H]1[C@@H](O)CO. The number of carbonyl (C=O) groups excluding carboxylic acids is 3. The van der Waals surface area contributed by atoms with Crippen molar-refractivity contribution < 1.29 is 49.4 Å². The van der Waals surface area contributed by atoms with Crippen molar-refractivity contribution in [3.63, 3.8) is 0 Å². The Hall–Kier alpha value is -2.21. The van der Waals surface area contributed by atoms with Crippen LogP contribution in [0.3, 0.4) is 0 Å². The molecule has 0 aromatic heterocycles. The summed E-state index contributed by atoms with van der Waals surface area (Å²) in [7, 11) is 0. The number of rotatable bonds is 9. The summed E-state index contributed by atoms with van der Waals surface area (Å²) in [5, 5.41) is 49.1. The highest BCUT2D eigenvalue weighted by atomic mass is 16.6. The van der Waals surface area contributed by atoms with Gasteiger partial charge in [0.2, 0.25) is 17.4 Å². The van der Waals surface area contributed by atoms with Crippen LogP contribution in [0.2, 0.25) is 0 Å². The summed E-state index contributed by atoms with van der Waals surface area (Å²) in [4.78, 5) is 34.8. The summed E-state index contributed by atoms with van der Waals surface area (Å²) in [6.45, 7) is 1.49. The molecule has 148 valence electrons. The molecule has 1 aliphatic rings. The molecule has 6 N–H and O–H groups in total. The van der Waals surface area contributed by atoms with Crippen LogP contribution < -0.4 is 5.32 Å². The second-order valence-corrected chi connectivity index (χ2v) is 6.35. The molecule has 26 heavy (non-hydrogen) atoms. The Bertz CT molecular complexity index is 585. The average Bonchev–Trinajstić information content (AvgIpc) is 2.88. The maximum Gasteiger partial charge on any atom is 0.378 e. The fourth-order valence-electron chi connectivity index (χ4n) is 1.91. The molecular formula is C15H23NO10. The predicted molar refractivity (Wildman–Crippen MR) is 83.2 cm³/mol. The van der Waals surface area contributed by atoms with Crippen molar-refractivity contribution in [2.75, 3.05) is 19.8 Å². The summed E-state index contributed by atoms with van der Waals surface area (Å²) >= 11 is 0. The topological polar surface area (TPSA) is 183 Å². The van der Waals surface area contributed by atoms with E-state index in [9.17, 15) is 29.7 Å². The predicted octanol–water partition coefficient (Wildman–Crippen LogP) is -2.54. The number of cyclic esters (lactones) is 1. The molecule has 0 radical (unpaired) electrons. The van der Waals surface area contributed by atoms with Crippen LogP contribution in [-0.4, -0.2) is 81.4 Å². The summed E-state index contributed by atoms with van der Waals surface area (Å²) in [5.41, 5.74) is -1.07. The maximum atomic E-state index is 11.8. The number of esters is 2. The average molecular weight is 377 g/mol. The van der Waals surface area contributed by atoms with Gasteiger partial charge >= 0.3 is 11.9 Å². The zero-order valence-electron chi connectivity index (χ0n) is 14.3. The van der Waals surface area contributed by atoms with E-state index in [1.807, 2.05) is 0 Å². The Labute approximate surface area is 148 Å². The Balaban J connectivity index is 2.56. The molecule has 0 spiro atoms. The van der Waals surface area contributed by atoms with Gasteiger partial charge in [-0.3, -0.25) is 9.59 Å². The van der Waals surface area contributed by atoms with E-state index in [0.29, 0.717) is 0 Å². The van der Waals surface area contributed by atoms with Crippen LogP contribution in [0.4, 0.5) is 0 Å². The van der Waals surface area contributed by atoms with Crippen LogP contribution in [0, 0.1) is 5.41 Å². The monoisotopic (exact) mass is 377 g/mol. The van der Waals surface area contributed by atoms with Gasteiger partial charge < -0.3 is 40.3 Å². The van der Waals surface area contributed by atoms with Crippen LogP contribution in [0.1, 0.15) is 20.3 Å². The van der Waals surface area contributed by atoms with Crippen LogP contribution in [0.15, 0.2) is 11.5 Å².